The van der Waals surface area contributed by atoms with Crippen LogP contribution >= 0.6 is 11.3 Å². The number of carbonyl (C=O) groups excluding carboxylic acids is 1. The molecule has 1 amide bonds. The molecule has 0 atom stereocenters. The lowest BCUT2D eigenvalue weighted by molar-refractivity contribution is -0.116. The maximum Gasteiger partial charge on any atom is 0.244 e. The summed E-state index contributed by atoms with van der Waals surface area (Å²) in [4.78, 5) is 16.1. The Labute approximate surface area is 139 Å². The molecule has 2 aromatic heterocycles. The second kappa shape index (κ2) is 7.51. The fraction of sp³-hybridized carbons (Fsp3) is 0.0526. The Morgan fingerprint density at radius 3 is 2.78 bits per heavy atom. The summed E-state index contributed by atoms with van der Waals surface area (Å²) in [6.45, 7) is 0.461. The van der Waals surface area contributed by atoms with Crippen molar-refractivity contribution >= 4 is 23.3 Å². The van der Waals surface area contributed by atoms with E-state index in [1.165, 1.54) is 0 Å². The van der Waals surface area contributed by atoms with Crippen LogP contribution in [0.3, 0.4) is 0 Å². The fourth-order valence-corrected chi connectivity index (χ4v) is 2.82. The predicted octanol–water partition coefficient (Wildman–Crippen LogP) is 4.14. The number of nitrogens with one attached hydrogen (secondary N) is 1. The lowest BCUT2D eigenvalue weighted by Crippen LogP contribution is -2.20. The zero-order valence-corrected chi connectivity index (χ0v) is 13.3. The predicted molar refractivity (Wildman–Crippen MR) is 94.9 cm³/mol. The number of rotatable bonds is 5. The number of benzene rings is 1. The van der Waals surface area contributed by atoms with Crippen molar-refractivity contribution < 1.29 is 4.79 Å². The largest absolute Gasteiger partial charge is 0.348 e. The van der Waals surface area contributed by atoms with E-state index in [0.717, 1.165) is 22.3 Å². The molecular formula is C19H16N2OS. The third-order valence-corrected chi connectivity index (χ3v) is 4.03. The summed E-state index contributed by atoms with van der Waals surface area (Å²) in [6.07, 6.45) is 6.96. The molecule has 0 fully saturated rings. The van der Waals surface area contributed by atoms with Crippen LogP contribution in [0.25, 0.3) is 17.2 Å². The highest BCUT2D eigenvalue weighted by atomic mass is 32.1. The van der Waals surface area contributed by atoms with E-state index < -0.39 is 0 Å². The highest BCUT2D eigenvalue weighted by molar-refractivity contribution is 7.08. The van der Waals surface area contributed by atoms with Gasteiger partial charge >= 0.3 is 0 Å². The molecule has 3 aromatic rings. The van der Waals surface area contributed by atoms with Crippen LogP contribution in [0.1, 0.15) is 11.1 Å². The zero-order valence-electron chi connectivity index (χ0n) is 12.5. The third kappa shape index (κ3) is 4.37. The molecule has 0 saturated carbocycles. The molecule has 23 heavy (non-hydrogen) atoms. The molecule has 0 aliphatic rings. The Bertz CT molecular complexity index is 795. The van der Waals surface area contributed by atoms with E-state index in [-0.39, 0.29) is 5.91 Å². The Hall–Kier alpha value is -2.72. The second-order valence-electron chi connectivity index (χ2n) is 5.06. The Morgan fingerprint density at radius 1 is 1.13 bits per heavy atom. The summed E-state index contributed by atoms with van der Waals surface area (Å²) in [6, 6.07) is 13.9. The summed E-state index contributed by atoms with van der Waals surface area (Å²) >= 11 is 1.66. The Kier molecular flexibility index (Phi) is 4.96. The molecule has 0 unspecified atom stereocenters. The SMILES string of the molecule is O=C(C=Cc1ccccc1)NCc1cncc(-c2ccsc2)c1. The van der Waals surface area contributed by atoms with E-state index in [1.807, 2.05) is 41.9 Å². The van der Waals surface area contributed by atoms with Gasteiger partial charge in [-0.25, -0.2) is 0 Å². The summed E-state index contributed by atoms with van der Waals surface area (Å²) in [5, 5.41) is 7.00. The molecule has 0 aliphatic carbocycles. The minimum Gasteiger partial charge on any atom is -0.348 e. The van der Waals surface area contributed by atoms with Crippen LogP contribution in [-0.2, 0) is 11.3 Å². The van der Waals surface area contributed by atoms with Gasteiger partial charge in [-0.2, -0.15) is 11.3 Å². The third-order valence-electron chi connectivity index (χ3n) is 3.34. The van der Waals surface area contributed by atoms with Crippen molar-refractivity contribution in [3.8, 4) is 11.1 Å². The summed E-state index contributed by atoms with van der Waals surface area (Å²) in [7, 11) is 0. The van der Waals surface area contributed by atoms with Gasteiger partial charge in [0.25, 0.3) is 0 Å². The molecule has 0 spiro atoms. The first kappa shape index (κ1) is 15.2. The zero-order chi connectivity index (χ0) is 15.9. The average Bonchev–Trinajstić information content (AvgIpc) is 3.14. The van der Waals surface area contributed by atoms with Crippen LogP contribution < -0.4 is 5.32 Å². The molecule has 1 N–H and O–H groups in total. The number of hydrogen-bond donors (Lipinski definition) is 1. The molecule has 3 nitrogen and oxygen atoms in total. The minimum atomic E-state index is -0.116. The van der Waals surface area contributed by atoms with Crippen LogP contribution in [0.2, 0.25) is 0 Å². The van der Waals surface area contributed by atoms with Crippen LogP contribution in [0.15, 0.2) is 71.7 Å². The lowest BCUT2D eigenvalue weighted by atomic mass is 10.1. The molecule has 114 valence electrons. The molecule has 4 heteroatoms. The Balaban J connectivity index is 1.59. The lowest BCUT2D eigenvalue weighted by Gasteiger charge is -2.04. The average molecular weight is 320 g/mol. The van der Waals surface area contributed by atoms with Gasteiger partial charge in [0.1, 0.15) is 0 Å². The molecule has 0 aliphatic heterocycles. The first-order valence-electron chi connectivity index (χ1n) is 7.29. The molecule has 3 rings (SSSR count). The minimum absolute atomic E-state index is 0.116. The van der Waals surface area contributed by atoms with E-state index in [2.05, 4.69) is 27.8 Å². The summed E-state index contributed by atoms with van der Waals surface area (Å²) in [5.41, 5.74) is 4.21. The van der Waals surface area contributed by atoms with Crippen molar-refractivity contribution in [2.45, 2.75) is 6.54 Å². The van der Waals surface area contributed by atoms with E-state index in [0.29, 0.717) is 6.54 Å². The quantitative estimate of drug-likeness (QED) is 0.718. The monoisotopic (exact) mass is 320 g/mol. The highest BCUT2D eigenvalue weighted by Crippen LogP contribution is 2.21. The van der Waals surface area contributed by atoms with E-state index in [1.54, 1.807) is 29.7 Å². The number of aromatic nitrogens is 1. The van der Waals surface area contributed by atoms with Crippen LogP contribution in [0, 0.1) is 0 Å². The van der Waals surface area contributed by atoms with Gasteiger partial charge in [-0.05, 0) is 45.7 Å². The van der Waals surface area contributed by atoms with E-state index in [4.69, 9.17) is 0 Å². The topological polar surface area (TPSA) is 42.0 Å². The maximum absolute atomic E-state index is 11.9. The van der Waals surface area contributed by atoms with Gasteiger partial charge in [0.15, 0.2) is 0 Å². The molecule has 2 heterocycles. The van der Waals surface area contributed by atoms with Gasteiger partial charge < -0.3 is 5.32 Å². The van der Waals surface area contributed by atoms with Crippen molar-refractivity contribution in [1.29, 1.82) is 0 Å². The van der Waals surface area contributed by atoms with Gasteiger partial charge in [0, 0.05) is 30.6 Å². The highest BCUT2D eigenvalue weighted by Gasteiger charge is 2.02. The van der Waals surface area contributed by atoms with Gasteiger partial charge in [0.05, 0.1) is 0 Å². The van der Waals surface area contributed by atoms with Crippen molar-refractivity contribution in [3.05, 3.63) is 82.8 Å². The molecule has 0 saturated heterocycles. The van der Waals surface area contributed by atoms with Gasteiger partial charge in [0.2, 0.25) is 5.91 Å². The Morgan fingerprint density at radius 2 is 2.00 bits per heavy atom. The molecular weight excluding hydrogens is 304 g/mol. The molecule has 0 bridgehead atoms. The molecule has 0 radical (unpaired) electrons. The fourth-order valence-electron chi connectivity index (χ4n) is 2.16. The van der Waals surface area contributed by atoms with Crippen LogP contribution in [0.4, 0.5) is 0 Å². The molecule has 1 aromatic carbocycles. The number of pyridine rings is 1. The number of hydrogen-bond acceptors (Lipinski definition) is 3. The van der Waals surface area contributed by atoms with Gasteiger partial charge in [-0.15, -0.1) is 0 Å². The summed E-state index contributed by atoms with van der Waals surface area (Å²) < 4.78 is 0. The van der Waals surface area contributed by atoms with Crippen molar-refractivity contribution in [1.82, 2.24) is 10.3 Å². The number of thiophene rings is 1. The normalized spacial score (nSPS) is 10.8. The van der Waals surface area contributed by atoms with Crippen LogP contribution in [0.5, 0.6) is 0 Å². The van der Waals surface area contributed by atoms with Crippen LogP contribution in [-0.4, -0.2) is 10.9 Å². The number of nitrogens with zero attached hydrogens (tertiary/aromatic N) is 1. The van der Waals surface area contributed by atoms with Crippen molar-refractivity contribution in [2.24, 2.45) is 0 Å². The van der Waals surface area contributed by atoms with E-state index in [9.17, 15) is 4.79 Å². The van der Waals surface area contributed by atoms with Gasteiger partial charge in [-0.3, -0.25) is 9.78 Å². The first-order valence-corrected chi connectivity index (χ1v) is 8.23. The standard InChI is InChI=1S/C19H16N2OS/c22-19(7-6-15-4-2-1-3-5-15)21-12-16-10-18(13-20-11-16)17-8-9-23-14-17/h1-11,13-14H,12H2,(H,21,22). The van der Waals surface area contributed by atoms with Crippen molar-refractivity contribution in [3.63, 3.8) is 0 Å². The summed E-state index contributed by atoms with van der Waals surface area (Å²) in [5.74, 6) is -0.116. The number of amides is 1. The van der Waals surface area contributed by atoms with Gasteiger partial charge in [-0.1, -0.05) is 30.3 Å². The first-order chi connectivity index (χ1) is 11.3. The van der Waals surface area contributed by atoms with E-state index >= 15 is 0 Å². The second-order valence-corrected chi connectivity index (χ2v) is 5.84. The smallest absolute Gasteiger partial charge is 0.244 e. The number of carbonyl (C=O) groups is 1. The van der Waals surface area contributed by atoms with Crippen molar-refractivity contribution in [2.75, 3.05) is 0 Å². The maximum atomic E-state index is 11.9.